The second-order valence-electron chi connectivity index (χ2n) is 7.92. The van der Waals surface area contributed by atoms with Crippen LogP contribution < -0.4 is 6.15 Å². The molecule has 5 heteroatoms. The minimum absolute atomic E-state index is 0.969. The molecule has 0 aliphatic heterocycles. The summed E-state index contributed by atoms with van der Waals surface area (Å²) in [4.78, 5) is 8.76. The molecule has 0 heterocycles. The third-order valence-electron chi connectivity index (χ3n) is 4.64. The molecular formula is C22H34O3Sn2. The molecule has 148 valence electrons. The SMILES string of the molecule is CCc1c(C)cccc1[O][Sn]([CH3])([CH3])[O][Sn]([CH3])([CH3])[O]c1cccc(C)c1CC. The summed E-state index contributed by atoms with van der Waals surface area (Å²) in [7, 11) is 0. The molecule has 0 N–H and O–H groups in total. The first kappa shape index (κ1) is 22.9. The number of hydrogen-bond donors (Lipinski definition) is 0. The summed E-state index contributed by atoms with van der Waals surface area (Å²) in [5, 5.41) is 0. The van der Waals surface area contributed by atoms with Crippen LogP contribution in [0, 0.1) is 13.8 Å². The molecule has 0 atom stereocenters. The zero-order valence-electron chi connectivity index (χ0n) is 18.1. The van der Waals surface area contributed by atoms with Gasteiger partial charge in [0.15, 0.2) is 0 Å². The van der Waals surface area contributed by atoms with E-state index in [9.17, 15) is 0 Å². The van der Waals surface area contributed by atoms with Crippen LogP contribution in [0.1, 0.15) is 36.1 Å². The van der Waals surface area contributed by atoms with Crippen LogP contribution in [0.15, 0.2) is 36.4 Å². The summed E-state index contributed by atoms with van der Waals surface area (Å²) in [6.45, 7) is 8.64. The van der Waals surface area contributed by atoms with Crippen molar-refractivity contribution in [3.05, 3.63) is 58.7 Å². The van der Waals surface area contributed by atoms with Crippen LogP contribution in [-0.4, -0.2) is 38.4 Å². The molecule has 0 saturated carbocycles. The summed E-state index contributed by atoms with van der Waals surface area (Å²) in [6.07, 6.45) is 1.94. The van der Waals surface area contributed by atoms with Gasteiger partial charge in [-0.1, -0.05) is 0 Å². The monoisotopic (exact) mass is 586 g/mol. The van der Waals surface area contributed by atoms with Crippen molar-refractivity contribution >= 4 is 38.4 Å². The van der Waals surface area contributed by atoms with Crippen molar-refractivity contribution in [1.82, 2.24) is 0 Å². The van der Waals surface area contributed by atoms with Crippen molar-refractivity contribution in [2.24, 2.45) is 0 Å². The van der Waals surface area contributed by atoms with Gasteiger partial charge in [0.2, 0.25) is 0 Å². The fraction of sp³-hybridized carbons (Fsp3) is 0.455. The van der Waals surface area contributed by atoms with Crippen molar-refractivity contribution in [2.75, 3.05) is 0 Å². The molecule has 3 nitrogen and oxygen atoms in total. The summed E-state index contributed by atoms with van der Waals surface area (Å²) < 4.78 is 19.7. The number of rotatable bonds is 8. The van der Waals surface area contributed by atoms with E-state index in [1.807, 2.05) is 0 Å². The van der Waals surface area contributed by atoms with Crippen LogP contribution in [-0.2, 0) is 14.3 Å². The first-order chi connectivity index (χ1) is 12.6. The number of hydrogen-bond acceptors (Lipinski definition) is 3. The molecule has 2 aromatic rings. The maximum atomic E-state index is 6.69. The summed E-state index contributed by atoms with van der Waals surface area (Å²) in [5.74, 6) is 1.98. The van der Waals surface area contributed by atoms with Gasteiger partial charge >= 0.3 is 176 Å². The van der Waals surface area contributed by atoms with Crippen molar-refractivity contribution in [1.29, 1.82) is 0 Å². The molecular weight excluding hydrogens is 550 g/mol. The average molecular weight is 584 g/mol. The van der Waals surface area contributed by atoms with E-state index in [2.05, 4.69) is 83.9 Å². The third kappa shape index (κ3) is 6.29. The molecule has 2 rings (SSSR count). The van der Waals surface area contributed by atoms with Crippen LogP contribution >= 0.6 is 0 Å². The molecule has 2 aromatic carbocycles. The van der Waals surface area contributed by atoms with Gasteiger partial charge in [0.25, 0.3) is 0 Å². The van der Waals surface area contributed by atoms with Gasteiger partial charge in [-0.05, 0) is 0 Å². The maximum absolute atomic E-state index is 6.69. The molecule has 27 heavy (non-hydrogen) atoms. The minimum atomic E-state index is -3.21. The first-order valence-electron chi connectivity index (χ1n) is 9.83. The zero-order chi connectivity index (χ0) is 20.2. The molecule has 0 bridgehead atoms. The molecule has 0 amide bonds. The Balaban J connectivity index is 2.19. The van der Waals surface area contributed by atoms with Crippen LogP contribution in [0.4, 0.5) is 0 Å². The van der Waals surface area contributed by atoms with Crippen LogP contribution in [0.3, 0.4) is 0 Å². The van der Waals surface area contributed by atoms with E-state index >= 15 is 0 Å². The Kier molecular flexibility index (Phi) is 7.96. The van der Waals surface area contributed by atoms with E-state index in [4.69, 9.17) is 7.56 Å². The van der Waals surface area contributed by atoms with Gasteiger partial charge in [0.1, 0.15) is 0 Å². The Morgan fingerprint density at radius 2 is 1.04 bits per heavy atom. The normalized spacial score (nSPS) is 12.1. The molecule has 0 radical (unpaired) electrons. The topological polar surface area (TPSA) is 27.7 Å². The van der Waals surface area contributed by atoms with Crippen molar-refractivity contribution in [2.45, 2.75) is 60.3 Å². The Morgan fingerprint density at radius 1 is 0.667 bits per heavy atom. The zero-order valence-corrected chi connectivity index (χ0v) is 23.8. The Labute approximate surface area is 175 Å². The molecule has 0 unspecified atom stereocenters. The molecule has 0 aliphatic carbocycles. The fourth-order valence-corrected chi connectivity index (χ4v) is 35.6. The van der Waals surface area contributed by atoms with E-state index in [0.717, 1.165) is 24.3 Å². The van der Waals surface area contributed by atoms with Gasteiger partial charge in [-0.3, -0.25) is 0 Å². The van der Waals surface area contributed by atoms with Crippen LogP contribution in [0.2, 0.25) is 19.8 Å². The van der Waals surface area contributed by atoms with Gasteiger partial charge < -0.3 is 0 Å². The van der Waals surface area contributed by atoms with E-state index in [1.165, 1.54) is 22.3 Å². The Bertz CT molecular complexity index is 720. The summed E-state index contributed by atoms with van der Waals surface area (Å²) >= 11 is -6.43. The van der Waals surface area contributed by atoms with Crippen LogP contribution in [0.25, 0.3) is 0 Å². The Morgan fingerprint density at radius 3 is 1.37 bits per heavy atom. The molecule has 0 aromatic heterocycles. The van der Waals surface area contributed by atoms with Gasteiger partial charge in [0, 0.05) is 0 Å². The van der Waals surface area contributed by atoms with E-state index in [1.54, 1.807) is 0 Å². The average Bonchev–Trinajstić information content (AvgIpc) is 2.53. The fourth-order valence-electron chi connectivity index (χ4n) is 3.61. The van der Waals surface area contributed by atoms with Crippen molar-refractivity contribution in [3.63, 3.8) is 0 Å². The Hall–Kier alpha value is -0.403. The van der Waals surface area contributed by atoms with Crippen molar-refractivity contribution in [3.8, 4) is 11.5 Å². The first-order valence-corrected chi connectivity index (χ1v) is 25.9. The van der Waals surface area contributed by atoms with E-state index in [0.29, 0.717) is 0 Å². The number of benzene rings is 2. The second-order valence-corrected chi connectivity index (χ2v) is 29.6. The summed E-state index contributed by atoms with van der Waals surface area (Å²) in [6, 6.07) is 12.6. The van der Waals surface area contributed by atoms with Crippen molar-refractivity contribution < 1.29 is 7.56 Å². The van der Waals surface area contributed by atoms with Gasteiger partial charge in [-0.2, -0.15) is 0 Å². The van der Waals surface area contributed by atoms with Gasteiger partial charge in [0.05, 0.1) is 0 Å². The molecule has 0 fully saturated rings. The predicted octanol–water partition coefficient (Wildman–Crippen LogP) is 6.31. The van der Waals surface area contributed by atoms with E-state index in [-0.39, 0.29) is 0 Å². The third-order valence-corrected chi connectivity index (χ3v) is 30.3. The van der Waals surface area contributed by atoms with Gasteiger partial charge in [-0.25, -0.2) is 0 Å². The quantitative estimate of drug-likeness (QED) is 0.341. The number of aryl methyl sites for hydroxylation is 2. The van der Waals surface area contributed by atoms with Crippen LogP contribution in [0.5, 0.6) is 11.5 Å². The molecule has 0 spiro atoms. The molecule has 0 saturated heterocycles. The summed E-state index contributed by atoms with van der Waals surface area (Å²) in [5.41, 5.74) is 5.13. The predicted molar refractivity (Wildman–Crippen MR) is 118 cm³/mol. The van der Waals surface area contributed by atoms with E-state index < -0.39 is 38.4 Å². The molecule has 0 aliphatic rings. The standard InChI is InChI=1S/2C9H12O.4CH3.O.2Sn/c2*1-3-8-7(2)5-4-6-9(8)10;;;;;;;/h2*4-6,10H,3H2,1-2H3;4*1H3;;;/q;;;;;;;2*+1/p-2. The second kappa shape index (κ2) is 9.40. The van der Waals surface area contributed by atoms with Gasteiger partial charge in [-0.15, -0.1) is 0 Å².